The lowest BCUT2D eigenvalue weighted by Gasteiger charge is -2.10. The van der Waals surface area contributed by atoms with E-state index in [9.17, 15) is 19.7 Å². The average molecular weight is 341 g/mol. The maximum absolute atomic E-state index is 12.2. The van der Waals surface area contributed by atoms with Crippen LogP contribution in [0.5, 0.6) is 0 Å². The van der Waals surface area contributed by atoms with Crippen LogP contribution in [0.2, 0.25) is 0 Å². The zero-order valence-corrected chi connectivity index (χ0v) is 13.6. The number of nitro groups is 1. The molecule has 2 aromatic rings. The molecule has 2 rings (SSSR count). The first-order chi connectivity index (χ1) is 12.0. The van der Waals surface area contributed by atoms with Crippen LogP contribution in [0.4, 0.5) is 5.69 Å². The molecule has 7 heteroatoms. The molecule has 0 atom stereocenters. The van der Waals surface area contributed by atoms with E-state index >= 15 is 0 Å². The van der Waals surface area contributed by atoms with Gasteiger partial charge in [0.25, 0.3) is 5.69 Å². The number of non-ortho nitro benzene ring substituents is 1. The Morgan fingerprint density at radius 1 is 0.960 bits per heavy atom. The van der Waals surface area contributed by atoms with E-state index in [1.165, 1.54) is 50.6 Å². The molecule has 0 aliphatic rings. The van der Waals surface area contributed by atoms with Crippen LogP contribution >= 0.6 is 0 Å². The maximum Gasteiger partial charge on any atom is 0.338 e. The summed E-state index contributed by atoms with van der Waals surface area (Å²) in [5.74, 6) is -1.23. The molecule has 0 aliphatic heterocycles. The molecule has 0 bridgehead atoms. The molecule has 128 valence electrons. The molecule has 0 heterocycles. The van der Waals surface area contributed by atoms with Crippen LogP contribution < -0.4 is 0 Å². The fourth-order valence-corrected chi connectivity index (χ4v) is 2.22. The molecule has 0 saturated carbocycles. The highest BCUT2D eigenvalue weighted by Crippen LogP contribution is 2.25. The molecule has 0 aliphatic carbocycles. The Labute approximate surface area is 143 Å². The lowest BCUT2D eigenvalue weighted by Crippen LogP contribution is -2.10. The van der Waals surface area contributed by atoms with Crippen LogP contribution in [-0.4, -0.2) is 31.1 Å². The Hall–Kier alpha value is -3.48. The van der Waals surface area contributed by atoms with Gasteiger partial charge in [0, 0.05) is 17.7 Å². The second kappa shape index (κ2) is 7.87. The van der Waals surface area contributed by atoms with E-state index in [0.29, 0.717) is 11.1 Å². The molecule has 0 N–H and O–H groups in total. The van der Waals surface area contributed by atoms with E-state index in [1.54, 1.807) is 18.2 Å². The molecule has 0 aromatic heterocycles. The second-order valence-corrected chi connectivity index (χ2v) is 4.94. The third kappa shape index (κ3) is 4.08. The van der Waals surface area contributed by atoms with Gasteiger partial charge in [-0.2, -0.15) is 0 Å². The van der Waals surface area contributed by atoms with Crippen molar-refractivity contribution in [1.82, 2.24) is 0 Å². The number of esters is 2. The van der Waals surface area contributed by atoms with Crippen molar-refractivity contribution in [2.75, 3.05) is 14.2 Å². The number of rotatable bonds is 5. The third-order valence-corrected chi connectivity index (χ3v) is 3.44. The van der Waals surface area contributed by atoms with Crippen molar-refractivity contribution in [1.29, 1.82) is 0 Å². The molecule has 0 amide bonds. The summed E-state index contributed by atoms with van der Waals surface area (Å²) in [5.41, 5.74) is 1.18. The summed E-state index contributed by atoms with van der Waals surface area (Å²) in [7, 11) is 2.48. The normalized spacial score (nSPS) is 10.9. The first-order valence-electron chi connectivity index (χ1n) is 7.20. The zero-order valence-electron chi connectivity index (χ0n) is 13.6. The number of methoxy groups -OCH3 is 2. The molecule has 0 saturated heterocycles. The molecule has 0 unspecified atom stereocenters. The van der Waals surface area contributed by atoms with Crippen molar-refractivity contribution < 1.29 is 24.0 Å². The smallest absolute Gasteiger partial charge is 0.338 e. The van der Waals surface area contributed by atoms with Crippen molar-refractivity contribution in [2.45, 2.75) is 0 Å². The van der Waals surface area contributed by atoms with Crippen molar-refractivity contribution >= 4 is 29.3 Å². The largest absolute Gasteiger partial charge is 0.465 e. The average Bonchev–Trinajstić information content (AvgIpc) is 2.65. The van der Waals surface area contributed by atoms with Gasteiger partial charge in [0.2, 0.25) is 0 Å². The molecule has 7 nitrogen and oxygen atoms in total. The molecule has 25 heavy (non-hydrogen) atoms. The first-order valence-corrected chi connectivity index (χ1v) is 7.20. The summed E-state index contributed by atoms with van der Waals surface area (Å²) in [6, 6.07) is 12.1. The van der Waals surface area contributed by atoms with E-state index in [2.05, 4.69) is 0 Å². The number of ether oxygens (including phenoxy) is 2. The highest BCUT2D eigenvalue weighted by atomic mass is 16.6. The third-order valence-electron chi connectivity index (χ3n) is 3.44. The van der Waals surface area contributed by atoms with E-state index in [0.717, 1.165) is 0 Å². The molecule has 0 fully saturated rings. The van der Waals surface area contributed by atoms with Crippen molar-refractivity contribution in [3.05, 3.63) is 75.3 Å². The number of carbonyl (C=O) groups excluding carboxylic acids is 2. The Morgan fingerprint density at radius 2 is 1.56 bits per heavy atom. The minimum Gasteiger partial charge on any atom is -0.465 e. The number of carbonyl (C=O) groups is 2. The summed E-state index contributed by atoms with van der Waals surface area (Å²) in [5, 5.41) is 10.7. The van der Waals surface area contributed by atoms with Crippen LogP contribution in [0.1, 0.15) is 21.5 Å². The number of benzene rings is 2. The zero-order chi connectivity index (χ0) is 18.4. The lowest BCUT2D eigenvalue weighted by molar-refractivity contribution is -0.384. The summed E-state index contributed by atoms with van der Waals surface area (Å²) >= 11 is 0. The minimum absolute atomic E-state index is 0.0632. The topological polar surface area (TPSA) is 95.7 Å². The summed E-state index contributed by atoms with van der Waals surface area (Å²) < 4.78 is 9.54. The van der Waals surface area contributed by atoms with Gasteiger partial charge in [0.1, 0.15) is 0 Å². The van der Waals surface area contributed by atoms with Gasteiger partial charge in [-0.05, 0) is 29.8 Å². The van der Waals surface area contributed by atoms with Gasteiger partial charge in [-0.15, -0.1) is 0 Å². The summed E-state index contributed by atoms with van der Waals surface area (Å²) in [6.07, 6.45) is 1.50. The van der Waals surface area contributed by atoms with Crippen molar-refractivity contribution in [2.24, 2.45) is 0 Å². The number of hydrogen-bond donors (Lipinski definition) is 0. The minimum atomic E-state index is -0.644. The fraction of sp³-hybridized carbons (Fsp3) is 0.111. The highest BCUT2D eigenvalue weighted by molar-refractivity contribution is 6.23. The van der Waals surface area contributed by atoms with E-state index < -0.39 is 16.9 Å². The second-order valence-electron chi connectivity index (χ2n) is 4.94. The van der Waals surface area contributed by atoms with Gasteiger partial charge in [-0.3, -0.25) is 10.1 Å². The Bertz CT molecular complexity index is 839. The van der Waals surface area contributed by atoms with Gasteiger partial charge < -0.3 is 9.47 Å². The molecular formula is C18H15NO6. The van der Waals surface area contributed by atoms with E-state index in [1.807, 2.05) is 0 Å². The SMILES string of the molecule is COC(=O)C(=Cc1ccc([N+](=O)[O-])cc1)c1ccccc1C(=O)OC. The molecular weight excluding hydrogens is 326 g/mol. The quantitative estimate of drug-likeness (QED) is 0.273. The van der Waals surface area contributed by atoms with Crippen LogP contribution in [-0.2, 0) is 14.3 Å². The standard InChI is InChI=1S/C18H15NO6/c1-24-17(20)15-6-4-3-5-14(15)16(18(21)25-2)11-12-7-9-13(10-8-12)19(22)23/h3-11H,1-2H3. The van der Waals surface area contributed by atoms with Crippen LogP contribution in [0.15, 0.2) is 48.5 Å². The van der Waals surface area contributed by atoms with Crippen molar-refractivity contribution in [3.8, 4) is 0 Å². The van der Waals surface area contributed by atoms with Gasteiger partial charge in [-0.1, -0.05) is 18.2 Å². The van der Waals surface area contributed by atoms with Gasteiger partial charge in [0.05, 0.1) is 30.3 Å². The van der Waals surface area contributed by atoms with Gasteiger partial charge in [-0.25, -0.2) is 9.59 Å². The summed E-state index contributed by atoms with van der Waals surface area (Å²) in [4.78, 5) is 34.4. The van der Waals surface area contributed by atoms with E-state index in [4.69, 9.17) is 9.47 Å². The van der Waals surface area contributed by atoms with Crippen LogP contribution in [0, 0.1) is 10.1 Å². The monoisotopic (exact) mass is 341 g/mol. The lowest BCUT2D eigenvalue weighted by atomic mass is 9.97. The molecule has 0 radical (unpaired) electrons. The highest BCUT2D eigenvalue weighted by Gasteiger charge is 2.20. The first kappa shape index (κ1) is 17.9. The number of nitrogens with zero attached hydrogens (tertiary/aromatic N) is 1. The fourth-order valence-electron chi connectivity index (χ4n) is 2.22. The van der Waals surface area contributed by atoms with E-state index in [-0.39, 0.29) is 16.8 Å². The van der Waals surface area contributed by atoms with Gasteiger partial charge >= 0.3 is 11.9 Å². The molecule has 2 aromatic carbocycles. The Balaban J connectivity index is 2.56. The Morgan fingerprint density at radius 3 is 2.08 bits per heavy atom. The Kier molecular flexibility index (Phi) is 5.62. The van der Waals surface area contributed by atoms with Crippen LogP contribution in [0.3, 0.4) is 0 Å². The van der Waals surface area contributed by atoms with Crippen molar-refractivity contribution in [3.63, 3.8) is 0 Å². The van der Waals surface area contributed by atoms with Gasteiger partial charge in [0.15, 0.2) is 0 Å². The number of nitro benzene ring substituents is 1. The maximum atomic E-state index is 12.2. The van der Waals surface area contributed by atoms with Crippen LogP contribution in [0.25, 0.3) is 11.6 Å². The predicted octanol–water partition coefficient (Wildman–Crippen LogP) is 3.10. The summed E-state index contributed by atoms with van der Waals surface area (Å²) in [6.45, 7) is 0. The molecule has 0 spiro atoms. The number of hydrogen-bond acceptors (Lipinski definition) is 6. The predicted molar refractivity (Wildman–Crippen MR) is 90.8 cm³/mol.